The highest BCUT2D eigenvalue weighted by Gasteiger charge is 2.34. The molecular weight excluding hydrogens is 252 g/mol. The van der Waals surface area contributed by atoms with Gasteiger partial charge in [-0.2, -0.15) is 0 Å². The molecule has 0 heteroatoms. The van der Waals surface area contributed by atoms with Crippen LogP contribution in [0.3, 0.4) is 0 Å². The Morgan fingerprint density at radius 2 is 1.38 bits per heavy atom. The van der Waals surface area contributed by atoms with Gasteiger partial charge in [0.25, 0.3) is 0 Å². The fourth-order valence-electron chi connectivity index (χ4n) is 5.15. The van der Waals surface area contributed by atoms with Crippen molar-refractivity contribution in [3.63, 3.8) is 0 Å². The molecule has 0 aromatic rings. The van der Waals surface area contributed by atoms with Crippen LogP contribution in [-0.2, 0) is 0 Å². The van der Waals surface area contributed by atoms with Crippen LogP contribution in [0.1, 0.15) is 78.1 Å². The summed E-state index contributed by atoms with van der Waals surface area (Å²) in [6, 6.07) is 0. The molecule has 2 atom stereocenters. The number of rotatable bonds is 2. The molecule has 0 nitrogen and oxygen atoms in total. The molecule has 118 valence electrons. The molecule has 0 aliphatic heterocycles. The van der Waals surface area contributed by atoms with Gasteiger partial charge in [0.15, 0.2) is 0 Å². The van der Waals surface area contributed by atoms with Crippen LogP contribution < -0.4 is 0 Å². The number of allylic oxidation sites excluding steroid dienone is 4. The smallest absolute Gasteiger partial charge is 0.0134 e. The summed E-state index contributed by atoms with van der Waals surface area (Å²) in [5, 5.41) is 0. The van der Waals surface area contributed by atoms with Crippen LogP contribution in [0.25, 0.3) is 0 Å². The molecular formula is C21H34. The Labute approximate surface area is 132 Å². The fourth-order valence-corrected chi connectivity index (χ4v) is 5.15. The summed E-state index contributed by atoms with van der Waals surface area (Å²) in [5.41, 5.74) is 1.52. The van der Waals surface area contributed by atoms with E-state index < -0.39 is 0 Å². The molecule has 3 aliphatic carbocycles. The van der Waals surface area contributed by atoms with Gasteiger partial charge in [-0.05, 0) is 62.2 Å². The van der Waals surface area contributed by atoms with Crippen molar-refractivity contribution in [3.8, 4) is 0 Å². The van der Waals surface area contributed by atoms with Gasteiger partial charge in [0.2, 0.25) is 0 Å². The third kappa shape index (κ3) is 3.82. The lowest BCUT2D eigenvalue weighted by Gasteiger charge is -2.39. The zero-order valence-electron chi connectivity index (χ0n) is 14.2. The van der Waals surface area contributed by atoms with Crippen LogP contribution in [0.5, 0.6) is 0 Å². The van der Waals surface area contributed by atoms with Gasteiger partial charge in [-0.1, -0.05) is 69.2 Å². The predicted octanol–water partition coefficient (Wildman–Crippen LogP) is 6.53. The number of hydrogen-bond donors (Lipinski definition) is 0. The van der Waals surface area contributed by atoms with Gasteiger partial charge in [0.1, 0.15) is 0 Å². The highest BCUT2D eigenvalue weighted by atomic mass is 14.4. The van der Waals surface area contributed by atoms with Crippen molar-refractivity contribution in [2.45, 2.75) is 78.1 Å². The van der Waals surface area contributed by atoms with Crippen LogP contribution in [-0.4, -0.2) is 0 Å². The van der Waals surface area contributed by atoms with E-state index in [0.29, 0.717) is 0 Å². The molecule has 0 radical (unpaired) electrons. The molecule has 3 aliphatic rings. The summed E-state index contributed by atoms with van der Waals surface area (Å²) in [6.45, 7) is 4.75. The van der Waals surface area contributed by atoms with Gasteiger partial charge in [-0.25, -0.2) is 0 Å². The Morgan fingerprint density at radius 1 is 0.762 bits per heavy atom. The van der Waals surface area contributed by atoms with Crippen molar-refractivity contribution >= 4 is 0 Å². The van der Waals surface area contributed by atoms with Gasteiger partial charge >= 0.3 is 0 Å². The van der Waals surface area contributed by atoms with Gasteiger partial charge in [0.05, 0.1) is 0 Å². The lowest BCUT2D eigenvalue weighted by Crippen LogP contribution is -2.30. The van der Waals surface area contributed by atoms with Crippen molar-refractivity contribution < 1.29 is 0 Å². The first-order chi connectivity index (χ1) is 10.2. The first kappa shape index (κ1) is 15.4. The van der Waals surface area contributed by atoms with Gasteiger partial charge < -0.3 is 0 Å². The van der Waals surface area contributed by atoms with E-state index in [1.54, 1.807) is 0 Å². The Balaban J connectivity index is 1.72. The first-order valence-electron chi connectivity index (χ1n) is 9.60. The molecule has 0 bridgehead atoms. The second kappa shape index (κ2) is 7.16. The lowest BCUT2D eigenvalue weighted by molar-refractivity contribution is 0.168. The molecule has 0 heterocycles. The molecule has 0 aromatic heterocycles. The maximum Gasteiger partial charge on any atom is -0.0134 e. The van der Waals surface area contributed by atoms with E-state index in [9.17, 15) is 0 Å². The summed E-state index contributed by atoms with van der Waals surface area (Å²) in [5.74, 6) is 4.62. The zero-order valence-corrected chi connectivity index (χ0v) is 14.2. The molecule has 2 fully saturated rings. The molecule has 21 heavy (non-hydrogen) atoms. The summed E-state index contributed by atoms with van der Waals surface area (Å²) >= 11 is 0. The average Bonchev–Trinajstić information content (AvgIpc) is 2.77. The molecule has 0 N–H and O–H groups in total. The quantitative estimate of drug-likeness (QED) is 0.506. The maximum absolute atomic E-state index is 2.65. The lowest BCUT2D eigenvalue weighted by atomic mass is 9.65. The number of hydrogen-bond acceptors (Lipinski definition) is 0. The summed E-state index contributed by atoms with van der Waals surface area (Å²) < 4.78 is 0. The topological polar surface area (TPSA) is 0 Å². The van der Waals surface area contributed by atoms with E-state index in [1.807, 2.05) is 0 Å². The Morgan fingerprint density at radius 3 is 2.05 bits per heavy atom. The fraction of sp³-hybridized carbons (Fsp3) is 0.810. The van der Waals surface area contributed by atoms with Gasteiger partial charge in [-0.15, -0.1) is 0 Å². The minimum Gasteiger partial charge on any atom is -0.0803 e. The summed E-state index contributed by atoms with van der Waals surface area (Å²) in [6.07, 6.45) is 22.5. The Hall–Kier alpha value is -0.520. The SMILES string of the molecule is CC1=CC(C2CCCCCC2)C(C2CCC(C)CC2)C=C1. The molecule has 0 aromatic carbocycles. The normalized spacial score (nSPS) is 38.9. The molecule has 0 spiro atoms. The predicted molar refractivity (Wildman–Crippen MR) is 92.2 cm³/mol. The van der Waals surface area contributed by atoms with Crippen LogP contribution in [0.4, 0.5) is 0 Å². The summed E-state index contributed by atoms with van der Waals surface area (Å²) in [7, 11) is 0. The van der Waals surface area contributed by atoms with E-state index >= 15 is 0 Å². The minimum absolute atomic E-state index is 0.851. The second-order valence-electron chi connectivity index (χ2n) is 8.20. The van der Waals surface area contributed by atoms with Crippen LogP contribution in [0.2, 0.25) is 0 Å². The van der Waals surface area contributed by atoms with E-state index in [-0.39, 0.29) is 0 Å². The third-order valence-corrected chi connectivity index (χ3v) is 6.53. The Kier molecular flexibility index (Phi) is 5.24. The first-order valence-corrected chi connectivity index (χ1v) is 9.60. The standard InChI is InChI=1S/C21H34/c1-16-9-12-19(13-10-16)20-14-11-17(2)15-21(20)18-7-5-3-4-6-8-18/h11,14-16,18-21H,3-10,12-13H2,1-2H3. The third-order valence-electron chi connectivity index (χ3n) is 6.53. The van der Waals surface area contributed by atoms with Crippen LogP contribution >= 0.6 is 0 Å². The molecule has 0 saturated heterocycles. The molecule has 2 saturated carbocycles. The largest absolute Gasteiger partial charge is 0.0803 e. The van der Waals surface area contributed by atoms with E-state index in [4.69, 9.17) is 0 Å². The van der Waals surface area contributed by atoms with Crippen molar-refractivity contribution in [1.29, 1.82) is 0 Å². The van der Waals surface area contributed by atoms with Crippen LogP contribution in [0, 0.1) is 29.6 Å². The van der Waals surface area contributed by atoms with Crippen molar-refractivity contribution in [1.82, 2.24) is 0 Å². The summed E-state index contributed by atoms with van der Waals surface area (Å²) in [4.78, 5) is 0. The maximum atomic E-state index is 2.65. The molecule has 2 unspecified atom stereocenters. The average molecular weight is 287 g/mol. The Bertz CT molecular complexity index is 373. The highest BCUT2D eigenvalue weighted by Crippen LogP contribution is 2.44. The second-order valence-corrected chi connectivity index (χ2v) is 8.20. The van der Waals surface area contributed by atoms with Gasteiger partial charge in [-0.3, -0.25) is 0 Å². The van der Waals surface area contributed by atoms with Gasteiger partial charge in [0, 0.05) is 0 Å². The van der Waals surface area contributed by atoms with Crippen LogP contribution in [0.15, 0.2) is 23.8 Å². The van der Waals surface area contributed by atoms with Crippen molar-refractivity contribution in [3.05, 3.63) is 23.8 Å². The van der Waals surface area contributed by atoms with Crippen molar-refractivity contribution in [2.75, 3.05) is 0 Å². The van der Waals surface area contributed by atoms with E-state index in [0.717, 1.165) is 29.6 Å². The highest BCUT2D eigenvalue weighted by molar-refractivity contribution is 5.25. The van der Waals surface area contributed by atoms with E-state index in [2.05, 4.69) is 32.1 Å². The molecule has 0 amide bonds. The van der Waals surface area contributed by atoms with E-state index in [1.165, 1.54) is 69.8 Å². The zero-order chi connectivity index (χ0) is 14.7. The molecule has 3 rings (SSSR count). The minimum atomic E-state index is 0.851. The van der Waals surface area contributed by atoms with Crippen molar-refractivity contribution in [2.24, 2.45) is 29.6 Å². The monoisotopic (exact) mass is 286 g/mol.